The van der Waals surface area contributed by atoms with E-state index in [4.69, 9.17) is 22.1 Å². The highest BCUT2D eigenvalue weighted by molar-refractivity contribution is 6.32. The fraction of sp³-hybridized carbons (Fsp3) is 0.500. The molecule has 0 aliphatic heterocycles. The van der Waals surface area contributed by atoms with E-state index >= 15 is 0 Å². The van der Waals surface area contributed by atoms with Crippen LogP contribution >= 0.6 is 11.6 Å². The number of halogens is 4. The second kappa shape index (κ2) is 6.98. The summed E-state index contributed by atoms with van der Waals surface area (Å²) in [4.78, 5) is 0. The lowest BCUT2D eigenvalue weighted by Crippen LogP contribution is -2.19. The van der Waals surface area contributed by atoms with E-state index in [1.807, 2.05) is 6.92 Å². The van der Waals surface area contributed by atoms with E-state index in [1.54, 1.807) is 18.2 Å². The summed E-state index contributed by atoms with van der Waals surface area (Å²) in [6.07, 6.45) is -4.32. The van der Waals surface area contributed by atoms with Crippen LogP contribution in [0.2, 0.25) is 5.02 Å². The molecule has 0 heterocycles. The van der Waals surface area contributed by atoms with Gasteiger partial charge in [-0.05, 0) is 24.6 Å². The highest BCUT2D eigenvalue weighted by Gasteiger charge is 2.27. The van der Waals surface area contributed by atoms with Crippen LogP contribution in [0, 0.1) is 0 Å². The van der Waals surface area contributed by atoms with E-state index in [2.05, 4.69) is 4.74 Å². The van der Waals surface area contributed by atoms with Crippen molar-refractivity contribution in [3.05, 3.63) is 28.8 Å². The number of hydrogen-bond acceptors (Lipinski definition) is 3. The van der Waals surface area contributed by atoms with Gasteiger partial charge in [-0.25, -0.2) is 0 Å². The predicted molar refractivity (Wildman–Crippen MR) is 66.4 cm³/mol. The van der Waals surface area contributed by atoms with Gasteiger partial charge in [-0.3, -0.25) is 0 Å². The first-order chi connectivity index (χ1) is 8.79. The smallest absolute Gasteiger partial charge is 0.411 e. The number of nitrogens with two attached hydrogens (primary N) is 1. The highest BCUT2D eigenvalue weighted by atomic mass is 35.5. The molecule has 0 fully saturated rings. The molecule has 0 aliphatic carbocycles. The second-order valence-corrected chi connectivity index (χ2v) is 4.40. The molecule has 1 aromatic carbocycles. The van der Waals surface area contributed by atoms with E-state index in [9.17, 15) is 13.2 Å². The first kappa shape index (κ1) is 16.1. The van der Waals surface area contributed by atoms with Crippen molar-refractivity contribution in [2.24, 2.45) is 5.73 Å². The molecular formula is C12H15ClF3NO2. The minimum Gasteiger partial charge on any atom is -0.490 e. The van der Waals surface area contributed by atoms with Gasteiger partial charge in [0.1, 0.15) is 19.0 Å². The zero-order chi connectivity index (χ0) is 14.5. The molecule has 3 nitrogen and oxygen atoms in total. The Kier molecular flexibility index (Phi) is 5.90. The first-order valence-corrected chi connectivity index (χ1v) is 5.99. The maximum absolute atomic E-state index is 11.8. The molecule has 7 heteroatoms. The summed E-state index contributed by atoms with van der Waals surface area (Å²) in [6.45, 7) is 0.364. The number of rotatable bonds is 6. The summed E-state index contributed by atoms with van der Waals surface area (Å²) in [5, 5.41) is 0.366. The van der Waals surface area contributed by atoms with Crippen molar-refractivity contribution < 1.29 is 22.6 Å². The number of benzene rings is 1. The van der Waals surface area contributed by atoms with Gasteiger partial charge in [0, 0.05) is 6.04 Å². The minimum absolute atomic E-state index is 0.00662. The van der Waals surface area contributed by atoms with Crippen LogP contribution in [-0.2, 0) is 4.74 Å². The summed E-state index contributed by atoms with van der Waals surface area (Å²) < 4.78 is 45.0. The third-order valence-electron chi connectivity index (χ3n) is 2.23. The van der Waals surface area contributed by atoms with Gasteiger partial charge in [0.25, 0.3) is 0 Å². The maximum atomic E-state index is 11.8. The molecule has 108 valence electrons. The second-order valence-electron chi connectivity index (χ2n) is 3.99. The molecular weight excluding hydrogens is 283 g/mol. The van der Waals surface area contributed by atoms with E-state index in [1.165, 1.54) is 0 Å². The number of ether oxygens (including phenoxy) is 2. The molecule has 1 atom stereocenters. The van der Waals surface area contributed by atoms with Gasteiger partial charge in [-0.1, -0.05) is 17.7 Å². The molecule has 0 aliphatic rings. The molecule has 0 aromatic heterocycles. The average Bonchev–Trinajstić information content (AvgIpc) is 2.28. The molecule has 0 unspecified atom stereocenters. The summed E-state index contributed by atoms with van der Waals surface area (Å²) >= 11 is 5.96. The molecule has 0 bridgehead atoms. The minimum atomic E-state index is -4.32. The van der Waals surface area contributed by atoms with Crippen molar-refractivity contribution in [3.8, 4) is 5.75 Å². The topological polar surface area (TPSA) is 44.5 Å². The summed E-state index contributed by atoms with van der Waals surface area (Å²) in [5.74, 6) is 0.390. The van der Waals surface area contributed by atoms with E-state index < -0.39 is 12.8 Å². The Bertz CT molecular complexity index is 410. The summed E-state index contributed by atoms with van der Waals surface area (Å²) in [6, 6.07) is 4.90. The largest absolute Gasteiger partial charge is 0.490 e. The third kappa shape index (κ3) is 6.13. The highest BCUT2D eigenvalue weighted by Crippen LogP contribution is 2.27. The third-order valence-corrected chi connectivity index (χ3v) is 2.53. The predicted octanol–water partition coefficient (Wildman–Crippen LogP) is 3.32. The van der Waals surface area contributed by atoms with Gasteiger partial charge in [0.2, 0.25) is 0 Å². The van der Waals surface area contributed by atoms with Crippen molar-refractivity contribution in [2.45, 2.75) is 19.1 Å². The summed E-state index contributed by atoms with van der Waals surface area (Å²) in [5.41, 5.74) is 6.54. The van der Waals surface area contributed by atoms with Crippen molar-refractivity contribution in [2.75, 3.05) is 19.8 Å². The lowest BCUT2D eigenvalue weighted by atomic mass is 10.1. The van der Waals surface area contributed by atoms with Gasteiger partial charge in [-0.15, -0.1) is 0 Å². The molecule has 19 heavy (non-hydrogen) atoms. The van der Waals surface area contributed by atoms with Crippen molar-refractivity contribution >= 4 is 11.6 Å². The van der Waals surface area contributed by atoms with E-state index in [0.717, 1.165) is 5.56 Å². The monoisotopic (exact) mass is 297 g/mol. The van der Waals surface area contributed by atoms with Crippen LogP contribution in [0.25, 0.3) is 0 Å². The van der Waals surface area contributed by atoms with Crippen LogP contribution in [0.3, 0.4) is 0 Å². The molecule has 0 spiro atoms. The summed E-state index contributed by atoms with van der Waals surface area (Å²) in [7, 11) is 0. The van der Waals surface area contributed by atoms with Gasteiger partial charge in [-0.2, -0.15) is 13.2 Å². The molecule has 1 aromatic rings. The van der Waals surface area contributed by atoms with Crippen LogP contribution in [0.15, 0.2) is 18.2 Å². The normalized spacial score (nSPS) is 13.4. The van der Waals surface area contributed by atoms with Crippen LogP contribution in [0.5, 0.6) is 5.75 Å². The lowest BCUT2D eigenvalue weighted by molar-refractivity contribution is -0.175. The molecule has 0 amide bonds. The van der Waals surface area contributed by atoms with Gasteiger partial charge in [0.15, 0.2) is 0 Å². The fourth-order valence-corrected chi connectivity index (χ4v) is 1.56. The maximum Gasteiger partial charge on any atom is 0.411 e. The zero-order valence-corrected chi connectivity index (χ0v) is 11.1. The zero-order valence-electron chi connectivity index (χ0n) is 10.3. The Labute approximate surface area is 114 Å². The Morgan fingerprint density at radius 3 is 2.53 bits per heavy atom. The van der Waals surface area contributed by atoms with Gasteiger partial charge >= 0.3 is 6.18 Å². The van der Waals surface area contributed by atoms with Crippen LogP contribution in [-0.4, -0.2) is 26.0 Å². The molecule has 1 rings (SSSR count). The molecule has 0 radical (unpaired) electrons. The fourth-order valence-electron chi connectivity index (χ4n) is 1.32. The first-order valence-electron chi connectivity index (χ1n) is 5.62. The Morgan fingerprint density at radius 2 is 2.00 bits per heavy atom. The Hall–Kier alpha value is -0.980. The SMILES string of the molecule is C[C@@H](N)c1ccc(OCCOCC(F)(F)F)c(Cl)c1. The van der Waals surface area contributed by atoms with Gasteiger partial charge < -0.3 is 15.2 Å². The lowest BCUT2D eigenvalue weighted by Gasteiger charge is -2.12. The standard InChI is InChI=1S/C12H15ClF3NO2/c1-8(17)9-2-3-11(10(13)6-9)19-5-4-18-7-12(14,15)16/h2-3,6,8H,4-5,7,17H2,1H3/t8-/m1/s1. The number of hydrogen-bond donors (Lipinski definition) is 1. The van der Waals surface area contributed by atoms with Crippen molar-refractivity contribution in [1.29, 1.82) is 0 Å². The van der Waals surface area contributed by atoms with Crippen LogP contribution in [0.1, 0.15) is 18.5 Å². The number of alkyl halides is 3. The Morgan fingerprint density at radius 1 is 1.32 bits per heavy atom. The molecule has 0 saturated heterocycles. The van der Waals surface area contributed by atoms with Crippen molar-refractivity contribution in [1.82, 2.24) is 0 Å². The molecule has 2 N–H and O–H groups in total. The molecule has 0 saturated carbocycles. The van der Waals surface area contributed by atoms with Gasteiger partial charge in [0.05, 0.1) is 11.6 Å². The average molecular weight is 298 g/mol. The quantitative estimate of drug-likeness (QED) is 0.819. The van der Waals surface area contributed by atoms with E-state index in [-0.39, 0.29) is 19.3 Å². The Balaban J connectivity index is 2.38. The van der Waals surface area contributed by atoms with E-state index in [0.29, 0.717) is 10.8 Å². The van der Waals surface area contributed by atoms with Crippen LogP contribution < -0.4 is 10.5 Å². The van der Waals surface area contributed by atoms with Crippen LogP contribution in [0.4, 0.5) is 13.2 Å². The van der Waals surface area contributed by atoms with Crippen molar-refractivity contribution in [3.63, 3.8) is 0 Å².